The van der Waals surface area contributed by atoms with Crippen LogP contribution in [0, 0.1) is 12.7 Å². The molecule has 2 aromatic rings. The average Bonchev–Trinajstić information content (AvgIpc) is 2.74. The third kappa shape index (κ3) is 2.84. The molecule has 2 aromatic carbocycles. The Bertz CT molecular complexity index is 657. The Morgan fingerprint density at radius 2 is 1.86 bits per heavy atom. The molecule has 1 aliphatic rings. The van der Waals surface area contributed by atoms with Crippen LogP contribution in [-0.4, -0.2) is 13.2 Å². The zero-order chi connectivity index (χ0) is 14.8. The highest BCUT2D eigenvalue weighted by Crippen LogP contribution is 2.37. The van der Waals surface area contributed by atoms with Gasteiger partial charge in [-0.1, -0.05) is 24.3 Å². The van der Waals surface area contributed by atoms with E-state index in [2.05, 4.69) is 0 Å². The van der Waals surface area contributed by atoms with E-state index in [1.54, 1.807) is 19.1 Å². The van der Waals surface area contributed by atoms with Gasteiger partial charge in [0.1, 0.15) is 5.82 Å². The minimum atomic E-state index is -0.554. The van der Waals surface area contributed by atoms with Gasteiger partial charge in [0.05, 0.1) is 18.6 Å². The van der Waals surface area contributed by atoms with Crippen molar-refractivity contribution in [3.8, 4) is 11.5 Å². The van der Waals surface area contributed by atoms with Crippen LogP contribution < -0.4 is 9.47 Å². The standard InChI is InChI=1S/C17H16ClFO2/c1-11-4-2-5-13(17(11)19)16(18)12-6-7-14-15(10-12)21-9-3-8-20-14/h2,4-7,10,16H,3,8-9H2,1H3. The van der Waals surface area contributed by atoms with Crippen molar-refractivity contribution in [2.24, 2.45) is 0 Å². The van der Waals surface area contributed by atoms with Crippen molar-refractivity contribution in [2.75, 3.05) is 13.2 Å². The van der Waals surface area contributed by atoms with Gasteiger partial charge in [0.2, 0.25) is 0 Å². The molecule has 1 unspecified atom stereocenters. The van der Waals surface area contributed by atoms with Crippen LogP contribution in [-0.2, 0) is 0 Å². The normalized spacial score (nSPS) is 15.4. The molecule has 1 atom stereocenters. The molecule has 2 nitrogen and oxygen atoms in total. The summed E-state index contributed by atoms with van der Waals surface area (Å²) in [5, 5.41) is -0.554. The fraction of sp³-hybridized carbons (Fsp3) is 0.294. The summed E-state index contributed by atoms with van der Waals surface area (Å²) in [6.45, 7) is 2.99. The second-order valence-electron chi connectivity index (χ2n) is 5.10. The minimum absolute atomic E-state index is 0.260. The molecule has 0 amide bonds. The number of hydrogen-bond donors (Lipinski definition) is 0. The van der Waals surface area contributed by atoms with Crippen molar-refractivity contribution in [1.29, 1.82) is 0 Å². The molecule has 1 heterocycles. The fourth-order valence-corrected chi connectivity index (χ4v) is 2.69. The summed E-state index contributed by atoms with van der Waals surface area (Å²) in [5.41, 5.74) is 1.86. The first-order chi connectivity index (χ1) is 10.2. The van der Waals surface area contributed by atoms with Gasteiger partial charge >= 0.3 is 0 Å². The largest absolute Gasteiger partial charge is 0.490 e. The molecule has 0 N–H and O–H groups in total. The van der Waals surface area contributed by atoms with E-state index in [1.807, 2.05) is 24.3 Å². The first kappa shape index (κ1) is 14.2. The lowest BCUT2D eigenvalue weighted by Gasteiger charge is -2.15. The molecule has 21 heavy (non-hydrogen) atoms. The lowest BCUT2D eigenvalue weighted by molar-refractivity contribution is 0.297. The van der Waals surface area contributed by atoms with Crippen LogP contribution in [0.15, 0.2) is 36.4 Å². The second kappa shape index (κ2) is 5.94. The smallest absolute Gasteiger partial charge is 0.161 e. The van der Waals surface area contributed by atoms with Crippen molar-refractivity contribution in [2.45, 2.75) is 18.7 Å². The molecule has 1 aliphatic heterocycles. The Labute approximate surface area is 128 Å². The SMILES string of the molecule is Cc1cccc(C(Cl)c2ccc3c(c2)OCCCO3)c1F. The predicted octanol–water partition coefficient (Wildman–Crippen LogP) is 4.62. The number of ether oxygens (including phenoxy) is 2. The summed E-state index contributed by atoms with van der Waals surface area (Å²) >= 11 is 6.46. The van der Waals surface area contributed by atoms with Crippen LogP contribution in [0.3, 0.4) is 0 Å². The van der Waals surface area contributed by atoms with E-state index in [9.17, 15) is 4.39 Å². The van der Waals surface area contributed by atoms with Crippen LogP contribution in [0.1, 0.15) is 28.5 Å². The zero-order valence-electron chi connectivity index (χ0n) is 11.7. The third-order valence-corrected chi connectivity index (χ3v) is 4.05. The molecule has 0 aromatic heterocycles. The lowest BCUT2D eigenvalue weighted by Crippen LogP contribution is -2.00. The molecule has 110 valence electrons. The molecular formula is C17H16ClFO2. The van der Waals surface area contributed by atoms with Crippen LogP contribution in [0.2, 0.25) is 0 Å². The van der Waals surface area contributed by atoms with Gasteiger partial charge in [-0.2, -0.15) is 0 Å². The van der Waals surface area contributed by atoms with Crippen molar-refractivity contribution in [1.82, 2.24) is 0 Å². The zero-order valence-corrected chi connectivity index (χ0v) is 12.5. The number of hydrogen-bond acceptors (Lipinski definition) is 2. The third-order valence-electron chi connectivity index (χ3n) is 3.56. The number of rotatable bonds is 2. The Morgan fingerprint density at radius 3 is 2.67 bits per heavy atom. The van der Waals surface area contributed by atoms with Crippen LogP contribution >= 0.6 is 11.6 Å². The topological polar surface area (TPSA) is 18.5 Å². The minimum Gasteiger partial charge on any atom is -0.490 e. The van der Waals surface area contributed by atoms with Crippen LogP contribution in [0.5, 0.6) is 11.5 Å². The van der Waals surface area contributed by atoms with Gasteiger partial charge in [-0.15, -0.1) is 11.6 Å². The van der Waals surface area contributed by atoms with Gasteiger partial charge in [-0.25, -0.2) is 4.39 Å². The second-order valence-corrected chi connectivity index (χ2v) is 5.53. The quantitative estimate of drug-likeness (QED) is 0.754. The summed E-state index contributed by atoms with van der Waals surface area (Å²) < 4.78 is 25.4. The van der Waals surface area contributed by atoms with Gasteiger partial charge in [0.15, 0.2) is 11.5 Å². The molecule has 3 rings (SSSR count). The fourth-order valence-electron chi connectivity index (χ4n) is 2.38. The number of benzene rings is 2. The van der Waals surface area contributed by atoms with Gasteiger partial charge in [-0.05, 0) is 30.2 Å². The van der Waals surface area contributed by atoms with E-state index in [4.69, 9.17) is 21.1 Å². The predicted molar refractivity (Wildman–Crippen MR) is 80.9 cm³/mol. The number of alkyl halides is 1. The summed E-state index contributed by atoms with van der Waals surface area (Å²) in [5.74, 6) is 1.12. The molecule has 0 radical (unpaired) electrons. The highest BCUT2D eigenvalue weighted by molar-refractivity contribution is 6.22. The first-order valence-electron chi connectivity index (χ1n) is 6.95. The maximum atomic E-state index is 14.2. The first-order valence-corrected chi connectivity index (χ1v) is 7.39. The van der Waals surface area contributed by atoms with Gasteiger partial charge in [0.25, 0.3) is 0 Å². The maximum absolute atomic E-state index is 14.2. The molecule has 0 aliphatic carbocycles. The Kier molecular flexibility index (Phi) is 4.02. The number of fused-ring (bicyclic) bond motifs is 1. The lowest BCUT2D eigenvalue weighted by atomic mass is 10.0. The van der Waals surface area contributed by atoms with Gasteiger partial charge < -0.3 is 9.47 Å². The van der Waals surface area contributed by atoms with Crippen molar-refractivity contribution in [3.05, 3.63) is 58.9 Å². The maximum Gasteiger partial charge on any atom is 0.161 e. The van der Waals surface area contributed by atoms with E-state index in [0.717, 1.165) is 12.0 Å². The summed E-state index contributed by atoms with van der Waals surface area (Å²) in [4.78, 5) is 0. The molecule has 4 heteroatoms. The Morgan fingerprint density at radius 1 is 1.10 bits per heavy atom. The van der Waals surface area contributed by atoms with Gasteiger partial charge in [0, 0.05) is 12.0 Å². The molecule has 0 fully saturated rings. The number of halogens is 2. The van der Waals surface area contributed by atoms with E-state index in [-0.39, 0.29) is 5.82 Å². The molecule has 0 saturated carbocycles. The monoisotopic (exact) mass is 306 g/mol. The van der Waals surface area contributed by atoms with Crippen molar-refractivity contribution >= 4 is 11.6 Å². The van der Waals surface area contributed by atoms with Crippen molar-refractivity contribution < 1.29 is 13.9 Å². The average molecular weight is 307 g/mol. The van der Waals surface area contributed by atoms with Gasteiger partial charge in [-0.3, -0.25) is 0 Å². The van der Waals surface area contributed by atoms with E-state index >= 15 is 0 Å². The number of aryl methyl sites for hydroxylation is 1. The summed E-state index contributed by atoms with van der Waals surface area (Å²) in [6, 6.07) is 10.8. The van der Waals surface area contributed by atoms with Crippen molar-refractivity contribution in [3.63, 3.8) is 0 Å². The van der Waals surface area contributed by atoms with Crippen LogP contribution in [0.4, 0.5) is 4.39 Å². The summed E-state index contributed by atoms with van der Waals surface area (Å²) in [6.07, 6.45) is 0.848. The van der Waals surface area contributed by atoms with E-state index in [1.165, 1.54) is 0 Å². The highest BCUT2D eigenvalue weighted by Gasteiger charge is 2.19. The van der Waals surface area contributed by atoms with Crippen LogP contribution in [0.25, 0.3) is 0 Å². The Hall–Kier alpha value is -1.74. The molecule has 0 saturated heterocycles. The summed E-state index contributed by atoms with van der Waals surface area (Å²) in [7, 11) is 0. The van der Waals surface area contributed by atoms with E-state index < -0.39 is 5.38 Å². The molecule has 0 bridgehead atoms. The highest BCUT2D eigenvalue weighted by atomic mass is 35.5. The molecular weight excluding hydrogens is 291 g/mol. The Balaban J connectivity index is 1.96. The van der Waals surface area contributed by atoms with E-state index in [0.29, 0.717) is 35.8 Å². The molecule has 0 spiro atoms.